The minimum absolute atomic E-state index is 0.00287. The number of nitrogens with two attached hydrogens (primary N) is 1. The number of amides is 1. The van der Waals surface area contributed by atoms with Crippen LogP contribution in [0.2, 0.25) is 0 Å². The SMILES string of the molecule is CC(C(=O)N1CCCO1)c1cccc(N)c1. The fourth-order valence-electron chi connectivity index (χ4n) is 1.81. The molecule has 0 aromatic heterocycles. The number of hydrogen-bond donors (Lipinski definition) is 1. The largest absolute Gasteiger partial charge is 0.399 e. The van der Waals surface area contributed by atoms with Crippen LogP contribution in [0.15, 0.2) is 24.3 Å². The van der Waals surface area contributed by atoms with Crippen LogP contribution >= 0.6 is 0 Å². The Bertz CT molecular complexity index is 386. The van der Waals surface area contributed by atoms with Crippen molar-refractivity contribution < 1.29 is 9.63 Å². The van der Waals surface area contributed by atoms with Crippen molar-refractivity contribution in [3.05, 3.63) is 29.8 Å². The Morgan fingerprint density at radius 1 is 1.56 bits per heavy atom. The van der Waals surface area contributed by atoms with Crippen molar-refractivity contribution >= 4 is 11.6 Å². The van der Waals surface area contributed by atoms with Crippen molar-refractivity contribution in [2.45, 2.75) is 19.3 Å². The molecule has 16 heavy (non-hydrogen) atoms. The molecule has 1 aliphatic heterocycles. The molecule has 0 saturated carbocycles. The number of hydrogen-bond acceptors (Lipinski definition) is 3. The normalized spacial score (nSPS) is 17.4. The molecule has 1 amide bonds. The van der Waals surface area contributed by atoms with E-state index < -0.39 is 0 Å². The van der Waals surface area contributed by atoms with Crippen LogP contribution in [-0.4, -0.2) is 24.1 Å². The average molecular weight is 220 g/mol. The Balaban J connectivity index is 2.11. The van der Waals surface area contributed by atoms with Crippen LogP contribution < -0.4 is 5.73 Å². The number of carbonyl (C=O) groups is 1. The highest BCUT2D eigenvalue weighted by Gasteiger charge is 2.25. The lowest BCUT2D eigenvalue weighted by atomic mass is 10.00. The Morgan fingerprint density at radius 3 is 3.00 bits per heavy atom. The molecule has 0 spiro atoms. The molecule has 4 heteroatoms. The molecule has 1 atom stereocenters. The van der Waals surface area contributed by atoms with E-state index in [0.29, 0.717) is 18.8 Å². The minimum Gasteiger partial charge on any atom is -0.399 e. The Labute approximate surface area is 94.9 Å². The predicted octanol–water partition coefficient (Wildman–Crippen LogP) is 1.54. The zero-order valence-electron chi connectivity index (χ0n) is 9.35. The van der Waals surface area contributed by atoms with E-state index in [4.69, 9.17) is 10.6 Å². The number of nitrogens with zero attached hydrogens (tertiary/aromatic N) is 1. The van der Waals surface area contributed by atoms with Crippen molar-refractivity contribution in [2.75, 3.05) is 18.9 Å². The Kier molecular flexibility index (Phi) is 3.10. The molecule has 1 aliphatic rings. The van der Waals surface area contributed by atoms with Gasteiger partial charge in [-0.15, -0.1) is 0 Å². The molecule has 1 unspecified atom stereocenters. The summed E-state index contributed by atoms with van der Waals surface area (Å²) in [5.41, 5.74) is 7.30. The number of rotatable bonds is 2. The van der Waals surface area contributed by atoms with Gasteiger partial charge in [0.15, 0.2) is 0 Å². The summed E-state index contributed by atoms with van der Waals surface area (Å²) in [5.74, 6) is -0.204. The smallest absolute Gasteiger partial charge is 0.253 e. The van der Waals surface area contributed by atoms with Gasteiger partial charge < -0.3 is 5.73 Å². The van der Waals surface area contributed by atoms with Gasteiger partial charge in [0.05, 0.1) is 19.1 Å². The lowest BCUT2D eigenvalue weighted by Crippen LogP contribution is -2.30. The molecule has 0 radical (unpaired) electrons. The lowest BCUT2D eigenvalue weighted by Gasteiger charge is -2.19. The number of carbonyl (C=O) groups excluding carboxylic acids is 1. The summed E-state index contributed by atoms with van der Waals surface area (Å²) in [4.78, 5) is 17.3. The molecule has 0 bridgehead atoms. The molecular weight excluding hydrogens is 204 g/mol. The maximum atomic E-state index is 12.0. The van der Waals surface area contributed by atoms with Crippen molar-refractivity contribution in [3.63, 3.8) is 0 Å². The molecule has 1 aromatic rings. The van der Waals surface area contributed by atoms with Gasteiger partial charge in [-0.3, -0.25) is 9.63 Å². The van der Waals surface area contributed by atoms with Gasteiger partial charge in [-0.05, 0) is 31.0 Å². The summed E-state index contributed by atoms with van der Waals surface area (Å²) < 4.78 is 0. The van der Waals surface area contributed by atoms with Gasteiger partial charge in [0, 0.05) is 5.69 Å². The van der Waals surface area contributed by atoms with Gasteiger partial charge in [0.25, 0.3) is 5.91 Å². The Hall–Kier alpha value is -1.55. The summed E-state index contributed by atoms with van der Waals surface area (Å²) in [5, 5.41) is 1.45. The molecule has 1 aromatic carbocycles. The molecule has 0 aliphatic carbocycles. The first kappa shape index (κ1) is 11.0. The molecule has 4 nitrogen and oxygen atoms in total. The topological polar surface area (TPSA) is 55.6 Å². The van der Waals surface area contributed by atoms with E-state index in [9.17, 15) is 4.79 Å². The number of benzene rings is 1. The summed E-state index contributed by atoms with van der Waals surface area (Å²) in [7, 11) is 0. The van der Waals surface area contributed by atoms with E-state index in [1.165, 1.54) is 5.06 Å². The van der Waals surface area contributed by atoms with Crippen LogP contribution in [-0.2, 0) is 9.63 Å². The molecule has 1 fully saturated rings. The average Bonchev–Trinajstić information content (AvgIpc) is 2.80. The third-order valence-electron chi connectivity index (χ3n) is 2.78. The van der Waals surface area contributed by atoms with Gasteiger partial charge in [0.1, 0.15) is 0 Å². The highest BCUT2D eigenvalue weighted by atomic mass is 16.7. The maximum absolute atomic E-state index is 12.0. The van der Waals surface area contributed by atoms with E-state index in [1.807, 2.05) is 31.2 Å². The molecule has 2 rings (SSSR count). The molecule has 86 valence electrons. The number of nitrogen functional groups attached to an aromatic ring is 1. The molecule has 1 heterocycles. The standard InChI is InChI=1S/C12H16N2O2/c1-9(10-4-2-5-11(13)8-10)12(15)14-6-3-7-16-14/h2,4-5,8-9H,3,6-7,13H2,1H3. The van der Waals surface area contributed by atoms with Crippen molar-refractivity contribution in [2.24, 2.45) is 0 Å². The van der Waals surface area contributed by atoms with E-state index in [0.717, 1.165) is 12.0 Å². The van der Waals surface area contributed by atoms with Crippen LogP contribution in [0.25, 0.3) is 0 Å². The lowest BCUT2D eigenvalue weighted by molar-refractivity contribution is -0.170. The van der Waals surface area contributed by atoms with Gasteiger partial charge in [0.2, 0.25) is 0 Å². The third kappa shape index (κ3) is 2.17. The summed E-state index contributed by atoms with van der Waals surface area (Å²) in [6.45, 7) is 3.19. The Morgan fingerprint density at radius 2 is 2.38 bits per heavy atom. The maximum Gasteiger partial charge on any atom is 0.253 e. The van der Waals surface area contributed by atoms with Crippen LogP contribution in [0.5, 0.6) is 0 Å². The first-order chi connectivity index (χ1) is 7.68. The first-order valence-electron chi connectivity index (χ1n) is 5.48. The summed E-state index contributed by atoms with van der Waals surface area (Å²) >= 11 is 0. The van der Waals surface area contributed by atoms with E-state index in [-0.39, 0.29) is 11.8 Å². The quantitative estimate of drug-likeness (QED) is 0.769. The van der Waals surface area contributed by atoms with Crippen LogP contribution in [0, 0.1) is 0 Å². The zero-order valence-corrected chi connectivity index (χ0v) is 9.35. The van der Waals surface area contributed by atoms with Crippen LogP contribution in [0.1, 0.15) is 24.8 Å². The van der Waals surface area contributed by atoms with Gasteiger partial charge in [-0.2, -0.15) is 0 Å². The minimum atomic E-state index is -0.207. The monoisotopic (exact) mass is 220 g/mol. The predicted molar refractivity (Wildman–Crippen MR) is 61.6 cm³/mol. The van der Waals surface area contributed by atoms with Gasteiger partial charge >= 0.3 is 0 Å². The van der Waals surface area contributed by atoms with E-state index in [1.54, 1.807) is 0 Å². The zero-order chi connectivity index (χ0) is 11.5. The molecule has 2 N–H and O–H groups in total. The highest BCUT2D eigenvalue weighted by Crippen LogP contribution is 2.21. The number of hydroxylamine groups is 2. The molecular formula is C12H16N2O2. The fourth-order valence-corrected chi connectivity index (χ4v) is 1.81. The summed E-state index contributed by atoms with van der Waals surface area (Å²) in [6, 6.07) is 7.42. The van der Waals surface area contributed by atoms with Crippen molar-refractivity contribution in [3.8, 4) is 0 Å². The summed E-state index contributed by atoms with van der Waals surface area (Å²) in [6.07, 6.45) is 0.912. The van der Waals surface area contributed by atoms with Gasteiger partial charge in [-0.1, -0.05) is 12.1 Å². The van der Waals surface area contributed by atoms with Crippen LogP contribution in [0.4, 0.5) is 5.69 Å². The second kappa shape index (κ2) is 4.53. The number of anilines is 1. The second-order valence-electron chi connectivity index (χ2n) is 4.02. The van der Waals surface area contributed by atoms with Crippen molar-refractivity contribution in [1.29, 1.82) is 0 Å². The van der Waals surface area contributed by atoms with Crippen molar-refractivity contribution in [1.82, 2.24) is 5.06 Å². The van der Waals surface area contributed by atoms with E-state index in [2.05, 4.69) is 0 Å². The third-order valence-corrected chi connectivity index (χ3v) is 2.78. The highest BCUT2D eigenvalue weighted by molar-refractivity contribution is 5.82. The fraction of sp³-hybridized carbons (Fsp3) is 0.417. The first-order valence-corrected chi connectivity index (χ1v) is 5.48. The second-order valence-corrected chi connectivity index (χ2v) is 4.02. The van der Waals surface area contributed by atoms with Gasteiger partial charge in [-0.25, -0.2) is 5.06 Å². The van der Waals surface area contributed by atoms with Crippen LogP contribution in [0.3, 0.4) is 0 Å². The molecule has 1 saturated heterocycles. The van der Waals surface area contributed by atoms with E-state index >= 15 is 0 Å².